The Bertz CT molecular complexity index is 1280. The molecule has 3 aromatic rings. The lowest BCUT2D eigenvalue weighted by Crippen LogP contribution is -2.08. The van der Waals surface area contributed by atoms with E-state index >= 15 is 0 Å². The fourth-order valence-electron chi connectivity index (χ4n) is 3.54. The summed E-state index contributed by atoms with van der Waals surface area (Å²) in [7, 11) is 1.40. The zero-order chi connectivity index (χ0) is 23.4. The number of furan rings is 1. The Labute approximate surface area is 188 Å². The number of benzene rings is 1. The quantitative estimate of drug-likeness (QED) is 0.180. The Morgan fingerprint density at radius 3 is 2.82 bits per heavy atom. The molecule has 1 aliphatic heterocycles. The van der Waals surface area contributed by atoms with E-state index in [4.69, 9.17) is 13.9 Å². The molecule has 0 bridgehead atoms. The van der Waals surface area contributed by atoms with Gasteiger partial charge in [-0.05, 0) is 42.7 Å². The van der Waals surface area contributed by atoms with Crippen LogP contribution in [0.25, 0.3) is 11.6 Å². The molecule has 0 aliphatic carbocycles. The van der Waals surface area contributed by atoms with Crippen LogP contribution in [0.2, 0.25) is 0 Å². The van der Waals surface area contributed by atoms with Crippen LogP contribution in [0.1, 0.15) is 47.0 Å². The van der Waals surface area contributed by atoms with Gasteiger partial charge >= 0.3 is 11.9 Å². The number of esters is 1. The first-order chi connectivity index (χ1) is 16.0. The number of nitro groups is 1. The molecule has 33 heavy (non-hydrogen) atoms. The summed E-state index contributed by atoms with van der Waals surface area (Å²) in [4.78, 5) is 22.3. The second-order valence-corrected chi connectivity index (χ2v) is 7.27. The van der Waals surface area contributed by atoms with Gasteiger partial charge < -0.3 is 18.5 Å². The maximum Gasteiger partial charge on any atom is 0.433 e. The average molecular weight is 449 g/mol. The van der Waals surface area contributed by atoms with Crippen molar-refractivity contribution in [2.24, 2.45) is 0 Å². The highest BCUT2D eigenvalue weighted by atomic mass is 16.7. The maximum atomic E-state index is 12.3. The third-order valence-corrected chi connectivity index (χ3v) is 5.15. The standard InChI is InChI=1S/C22H19N5O6/c1-31-18-12-14(6-7-16(18)33-22(28)17-8-9-20(32-17)27(29)30)11-15(13-23)21-25-24-19-5-3-2-4-10-26(19)21/h6-9,11-12H,2-5,10H2,1H3. The SMILES string of the molecule is COc1cc(C=C(C#N)c2nnc3n2CCCCC3)ccc1OC(=O)c1ccc([N+](=O)[O-])o1. The summed E-state index contributed by atoms with van der Waals surface area (Å²) in [5.41, 5.74) is 0.980. The smallest absolute Gasteiger partial charge is 0.433 e. The lowest BCUT2D eigenvalue weighted by atomic mass is 10.1. The van der Waals surface area contributed by atoms with Crippen LogP contribution in [0.4, 0.5) is 5.88 Å². The number of ether oxygens (including phenoxy) is 2. The van der Waals surface area contributed by atoms with Gasteiger partial charge in [0.15, 0.2) is 17.3 Å². The van der Waals surface area contributed by atoms with Crippen molar-refractivity contribution in [3.05, 3.63) is 63.4 Å². The molecular weight excluding hydrogens is 430 g/mol. The number of allylic oxidation sites excluding steroid dienone is 1. The number of hydrogen-bond acceptors (Lipinski definition) is 9. The van der Waals surface area contributed by atoms with Gasteiger partial charge in [0.25, 0.3) is 0 Å². The van der Waals surface area contributed by atoms with E-state index in [1.54, 1.807) is 18.2 Å². The first-order valence-electron chi connectivity index (χ1n) is 10.2. The van der Waals surface area contributed by atoms with E-state index in [2.05, 4.69) is 16.3 Å². The van der Waals surface area contributed by atoms with E-state index in [0.29, 0.717) is 17.0 Å². The molecule has 0 radical (unpaired) electrons. The lowest BCUT2D eigenvalue weighted by molar-refractivity contribution is -0.402. The number of methoxy groups -OCH3 is 1. The van der Waals surface area contributed by atoms with Crippen molar-refractivity contribution < 1.29 is 23.6 Å². The molecule has 168 valence electrons. The van der Waals surface area contributed by atoms with Gasteiger partial charge in [-0.25, -0.2) is 4.79 Å². The van der Waals surface area contributed by atoms with E-state index in [1.165, 1.54) is 13.2 Å². The first kappa shape index (κ1) is 21.8. The van der Waals surface area contributed by atoms with Gasteiger partial charge in [0.05, 0.1) is 18.7 Å². The minimum absolute atomic E-state index is 0.0913. The highest BCUT2D eigenvalue weighted by molar-refractivity contribution is 5.90. The molecule has 0 atom stereocenters. The fraction of sp³-hybridized carbons (Fsp3) is 0.273. The fourth-order valence-corrected chi connectivity index (χ4v) is 3.54. The average Bonchev–Trinajstić information content (AvgIpc) is 3.40. The van der Waals surface area contributed by atoms with Crippen LogP contribution in [0, 0.1) is 21.4 Å². The minimum atomic E-state index is -0.909. The molecule has 3 heterocycles. The third kappa shape index (κ3) is 4.59. The van der Waals surface area contributed by atoms with Crippen molar-refractivity contribution in [1.29, 1.82) is 5.26 Å². The molecular formula is C22H19N5O6. The molecule has 0 amide bonds. The molecule has 4 rings (SSSR count). The summed E-state index contributed by atoms with van der Waals surface area (Å²) in [6.45, 7) is 0.764. The summed E-state index contributed by atoms with van der Waals surface area (Å²) >= 11 is 0. The normalized spacial score (nSPS) is 13.5. The predicted octanol–water partition coefficient (Wildman–Crippen LogP) is 3.80. The molecule has 0 unspecified atom stereocenters. The van der Waals surface area contributed by atoms with Crippen LogP contribution < -0.4 is 9.47 Å². The van der Waals surface area contributed by atoms with Crippen molar-refractivity contribution in [2.75, 3.05) is 7.11 Å². The van der Waals surface area contributed by atoms with Crippen LogP contribution in [0.15, 0.2) is 34.7 Å². The van der Waals surface area contributed by atoms with Gasteiger partial charge in [0.2, 0.25) is 5.76 Å². The number of aromatic nitrogens is 3. The van der Waals surface area contributed by atoms with Gasteiger partial charge in [-0.1, -0.05) is 12.5 Å². The summed E-state index contributed by atoms with van der Waals surface area (Å²) in [6.07, 6.45) is 5.65. The Balaban J connectivity index is 1.59. The Kier molecular flexibility index (Phi) is 6.17. The van der Waals surface area contributed by atoms with Crippen molar-refractivity contribution in [1.82, 2.24) is 14.8 Å². The van der Waals surface area contributed by atoms with Crippen LogP contribution in [0.5, 0.6) is 11.5 Å². The van der Waals surface area contributed by atoms with E-state index in [1.807, 2.05) is 4.57 Å². The van der Waals surface area contributed by atoms with Crippen molar-refractivity contribution in [2.45, 2.75) is 32.2 Å². The number of carbonyl (C=O) groups excluding carboxylic acids is 1. The third-order valence-electron chi connectivity index (χ3n) is 5.15. The Morgan fingerprint density at radius 2 is 2.09 bits per heavy atom. The number of hydrogen-bond donors (Lipinski definition) is 0. The predicted molar refractivity (Wildman–Crippen MR) is 114 cm³/mol. The minimum Gasteiger partial charge on any atom is -0.493 e. The number of aryl methyl sites for hydroxylation is 1. The maximum absolute atomic E-state index is 12.3. The van der Waals surface area contributed by atoms with Crippen molar-refractivity contribution >= 4 is 23.5 Å². The number of rotatable bonds is 6. The van der Waals surface area contributed by atoms with E-state index in [0.717, 1.165) is 50.2 Å². The summed E-state index contributed by atoms with van der Waals surface area (Å²) in [5, 5.41) is 28.9. The van der Waals surface area contributed by atoms with Gasteiger partial charge in [0.1, 0.15) is 16.8 Å². The molecule has 0 saturated heterocycles. The second-order valence-electron chi connectivity index (χ2n) is 7.27. The summed E-state index contributed by atoms with van der Waals surface area (Å²) in [5.74, 6) is -0.0700. The van der Waals surface area contributed by atoms with E-state index < -0.39 is 16.8 Å². The lowest BCUT2D eigenvalue weighted by Gasteiger charge is -2.10. The van der Waals surface area contributed by atoms with Gasteiger partial charge in [-0.15, -0.1) is 10.2 Å². The summed E-state index contributed by atoms with van der Waals surface area (Å²) < 4.78 is 17.4. The van der Waals surface area contributed by atoms with Gasteiger partial charge in [0, 0.05) is 13.0 Å². The number of nitrogens with zero attached hydrogens (tertiary/aromatic N) is 5. The second kappa shape index (κ2) is 9.35. The van der Waals surface area contributed by atoms with Crippen LogP contribution >= 0.6 is 0 Å². The Morgan fingerprint density at radius 1 is 1.24 bits per heavy atom. The monoisotopic (exact) mass is 449 g/mol. The summed E-state index contributed by atoms with van der Waals surface area (Å²) in [6, 6.07) is 9.15. The molecule has 1 aliphatic rings. The zero-order valence-corrected chi connectivity index (χ0v) is 17.7. The van der Waals surface area contributed by atoms with Gasteiger partial charge in [-0.3, -0.25) is 10.1 Å². The topological polar surface area (TPSA) is 146 Å². The van der Waals surface area contributed by atoms with Crippen molar-refractivity contribution in [3.63, 3.8) is 0 Å². The van der Waals surface area contributed by atoms with E-state index in [9.17, 15) is 20.2 Å². The van der Waals surface area contributed by atoms with Crippen LogP contribution in [-0.4, -0.2) is 32.8 Å². The molecule has 0 N–H and O–H groups in total. The molecule has 0 spiro atoms. The number of nitriles is 1. The van der Waals surface area contributed by atoms with Crippen LogP contribution in [0.3, 0.4) is 0 Å². The molecule has 0 fully saturated rings. The number of fused-ring (bicyclic) bond motifs is 1. The first-order valence-corrected chi connectivity index (χ1v) is 10.2. The molecule has 0 saturated carbocycles. The highest BCUT2D eigenvalue weighted by Crippen LogP contribution is 2.31. The Hall–Kier alpha value is -4.46. The van der Waals surface area contributed by atoms with Crippen LogP contribution in [-0.2, 0) is 13.0 Å². The van der Waals surface area contributed by atoms with Crippen molar-refractivity contribution in [3.8, 4) is 17.6 Å². The zero-order valence-electron chi connectivity index (χ0n) is 17.7. The molecule has 11 heteroatoms. The highest BCUT2D eigenvalue weighted by Gasteiger charge is 2.21. The largest absolute Gasteiger partial charge is 0.493 e. The van der Waals surface area contributed by atoms with E-state index in [-0.39, 0.29) is 17.3 Å². The number of carbonyl (C=O) groups is 1. The molecule has 2 aromatic heterocycles. The molecule has 1 aromatic carbocycles. The van der Waals surface area contributed by atoms with Gasteiger partial charge in [-0.2, -0.15) is 5.26 Å². The molecule has 11 nitrogen and oxygen atoms in total.